The van der Waals surface area contributed by atoms with Crippen LogP contribution in [0.15, 0.2) is 84.9 Å². The normalized spacial score (nSPS) is 11.6. The van der Waals surface area contributed by atoms with E-state index >= 15 is 0 Å². The molecule has 0 heterocycles. The molecule has 150 valence electrons. The van der Waals surface area contributed by atoms with Gasteiger partial charge < -0.3 is 20.1 Å². The number of carbonyl (C=O) groups is 1. The molecule has 1 amide bonds. The van der Waals surface area contributed by atoms with Crippen LogP contribution in [0.5, 0.6) is 0 Å². The van der Waals surface area contributed by atoms with Crippen molar-refractivity contribution in [2.75, 3.05) is 18.9 Å². The molecule has 29 heavy (non-hydrogen) atoms. The lowest BCUT2D eigenvalue weighted by atomic mass is 10.1. The zero-order valence-corrected chi connectivity index (χ0v) is 16.5. The number of para-hydroxylation sites is 1. The van der Waals surface area contributed by atoms with Crippen molar-refractivity contribution in [3.63, 3.8) is 0 Å². The fourth-order valence-electron chi connectivity index (χ4n) is 3.04. The second kappa shape index (κ2) is 10.3. The Labute approximate surface area is 171 Å². The Bertz CT molecular complexity index is 900. The van der Waals surface area contributed by atoms with Crippen molar-refractivity contribution in [2.45, 2.75) is 19.1 Å². The predicted octanol–water partition coefficient (Wildman–Crippen LogP) is 5.69. The molecule has 3 rings (SSSR count). The van der Waals surface area contributed by atoms with Gasteiger partial charge in [0.1, 0.15) is 0 Å². The lowest BCUT2D eigenvalue weighted by Gasteiger charge is -2.21. The first-order valence-corrected chi connectivity index (χ1v) is 9.63. The van der Waals surface area contributed by atoms with Crippen molar-refractivity contribution in [3.8, 4) is 0 Å². The van der Waals surface area contributed by atoms with Gasteiger partial charge in [-0.1, -0.05) is 60.7 Å². The van der Waals surface area contributed by atoms with Crippen LogP contribution in [0.4, 0.5) is 16.2 Å². The summed E-state index contributed by atoms with van der Waals surface area (Å²) in [5.41, 5.74) is 4.13. The maximum absolute atomic E-state index is 11.1. The summed E-state index contributed by atoms with van der Waals surface area (Å²) >= 11 is 0. The molecule has 0 spiro atoms. The zero-order chi connectivity index (χ0) is 20.5. The summed E-state index contributed by atoms with van der Waals surface area (Å²) in [6.07, 6.45) is -0.519. The average Bonchev–Trinajstić information content (AvgIpc) is 2.75. The first kappa shape index (κ1) is 20.4. The van der Waals surface area contributed by atoms with Gasteiger partial charge in [-0.25, -0.2) is 4.79 Å². The van der Waals surface area contributed by atoms with Gasteiger partial charge in [-0.3, -0.25) is 0 Å². The minimum absolute atomic E-state index is 0.177. The van der Waals surface area contributed by atoms with Gasteiger partial charge in [0.25, 0.3) is 0 Å². The first-order chi connectivity index (χ1) is 14.1. The van der Waals surface area contributed by atoms with E-state index in [0.29, 0.717) is 19.6 Å². The summed E-state index contributed by atoms with van der Waals surface area (Å²) in [5.74, 6) is 0. The van der Waals surface area contributed by atoms with E-state index < -0.39 is 6.09 Å². The Morgan fingerprint density at radius 2 is 1.62 bits per heavy atom. The molecule has 5 nitrogen and oxygen atoms in total. The summed E-state index contributed by atoms with van der Waals surface area (Å²) in [4.78, 5) is 12.4. The molecule has 1 unspecified atom stereocenters. The number of hydrogen-bond donors (Lipinski definition) is 2. The number of nitrogens with one attached hydrogen (secondary N) is 1. The molecule has 0 saturated carbocycles. The van der Waals surface area contributed by atoms with Crippen molar-refractivity contribution in [1.82, 2.24) is 4.90 Å². The molecule has 3 aromatic rings. The lowest BCUT2D eigenvalue weighted by Crippen LogP contribution is -2.27. The SMILES string of the molecule is CN(CCC(OCc1cccc(Nc2ccccc2)c1)c1ccccc1)C(=O)O. The highest BCUT2D eigenvalue weighted by Gasteiger charge is 2.15. The monoisotopic (exact) mass is 390 g/mol. The van der Waals surface area contributed by atoms with E-state index in [0.717, 1.165) is 22.5 Å². The molecule has 0 aliphatic heterocycles. The third kappa shape index (κ3) is 6.36. The fraction of sp³-hybridized carbons (Fsp3) is 0.208. The molecule has 0 radical (unpaired) electrons. The molecule has 1 atom stereocenters. The minimum Gasteiger partial charge on any atom is -0.465 e. The van der Waals surface area contributed by atoms with Crippen molar-refractivity contribution >= 4 is 17.5 Å². The lowest BCUT2D eigenvalue weighted by molar-refractivity contribution is 0.0288. The number of benzene rings is 3. The molecule has 0 fully saturated rings. The highest BCUT2D eigenvalue weighted by molar-refractivity contribution is 5.64. The van der Waals surface area contributed by atoms with Crippen LogP contribution < -0.4 is 5.32 Å². The van der Waals surface area contributed by atoms with E-state index in [2.05, 4.69) is 11.4 Å². The van der Waals surface area contributed by atoms with Crippen LogP contribution in [0.2, 0.25) is 0 Å². The summed E-state index contributed by atoms with van der Waals surface area (Å²) in [6.45, 7) is 0.852. The van der Waals surface area contributed by atoms with Gasteiger partial charge in [-0.2, -0.15) is 0 Å². The molecule has 0 bridgehead atoms. The molecule has 0 aromatic heterocycles. The maximum Gasteiger partial charge on any atom is 0.407 e. The van der Waals surface area contributed by atoms with Gasteiger partial charge in [0.05, 0.1) is 12.7 Å². The molecule has 0 aliphatic carbocycles. The van der Waals surface area contributed by atoms with Gasteiger partial charge in [0, 0.05) is 25.0 Å². The predicted molar refractivity (Wildman–Crippen MR) is 115 cm³/mol. The maximum atomic E-state index is 11.1. The molecule has 0 saturated heterocycles. The van der Waals surface area contributed by atoms with Crippen molar-refractivity contribution < 1.29 is 14.6 Å². The van der Waals surface area contributed by atoms with E-state index in [1.807, 2.05) is 78.9 Å². The van der Waals surface area contributed by atoms with Gasteiger partial charge in [0.15, 0.2) is 0 Å². The summed E-state index contributed by atoms with van der Waals surface area (Å²) in [5, 5.41) is 12.5. The fourth-order valence-corrected chi connectivity index (χ4v) is 3.04. The average molecular weight is 390 g/mol. The van der Waals surface area contributed by atoms with Gasteiger partial charge >= 0.3 is 6.09 Å². The second-order valence-corrected chi connectivity index (χ2v) is 6.89. The van der Waals surface area contributed by atoms with E-state index in [1.165, 1.54) is 4.90 Å². The van der Waals surface area contributed by atoms with E-state index in [4.69, 9.17) is 9.84 Å². The number of anilines is 2. The quantitative estimate of drug-likeness (QED) is 0.493. The Kier molecular flexibility index (Phi) is 7.25. The van der Waals surface area contributed by atoms with Crippen LogP contribution in [0.3, 0.4) is 0 Å². The Morgan fingerprint density at radius 1 is 0.966 bits per heavy atom. The number of amides is 1. The molecular formula is C24H26N2O3. The number of carboxylic acid groups (broad SMARTS) is 1. The number of nitrogens with zero attached hydrogens (tertiary/aromatic N) is 1. The Hall–Kier alpha value is -3.31. The van der Waals surface area contributed by atoms with Crippen LogP contribution in [-0.2, 0) is 11.3 Å². The van der Waals surface area contributed by atoms with Crippen LogP contribution in [-0.4, -0.2) is 29.7 Å². The van der Waals surface area contributed by atoms with Crippen molar-refractivity contribution in [3.05, 3.63) is 96.1 Å². The highest BCUT2D eigenvalue weighted by Crippen LogP contribution is 2.24. The summed E-state index contributed by atoms with van der Waals surface area (Å²) in [7, 11) is 1.57. The summed E-state index contributed by atoms with van der Waals surface area (Å²) in [6, 6.07) is 28.1. The number of rotatable bonds is 9. The molecule has 0 aliphatic rings. The van der Waals surface area contributed by atoms with Crippen molar-refractivity contribution in [1.29, 1.82) is 0 Å². The van der Waals surface area contributed by atoms with Crippen LogP contribution in [0, 0.1) is 0 Å². The van der Waals surface area contributed by atoms with E-state index in [1.54, 1.807) is 7.05 Å². The molecule has 2 N–H and O–H groups in total. The first-order valence-electron chi connectivity index (χ1n) is 9.63. The van der Waals surface area contributed by atoms with Crippen LogP contribution in [0.25, 0.3) is 0 Å². The topological polar surface area (TPSA) is 61.8 Å². The smallest absolute Gasteiger partial charge is 0.407 e. The molecular weight excluding hydrogens is 364 g/mol. The number of hydrogen-bond acceptors (Lipinski definition) is 3. The van der Waals surface area contributed by atoms with Crippen LogP contribution >= 0.6 is 0 Å². The zero-order valence-electron chi connectivity index (χ0n) is 16.5. The van der Waals surface area contributed by atoms with Gasteiger partial charge in [-0.05, 0) is 41.8 Å². The Morgan fingerprint density at radius 3 is 2.31 bits per heavy atom. The third-order valence-electron chi connectivity index (χ3n) is 4.67. The Balaban J connectivity index is 1.65. The second-order valence-electron chi connectivity index (χ2n) is 6.89. The van der Waals surface area contributed by atoms with Crippen LogP contribution in [0.1, 0.15) is 23.7 Å². The number of ether oxygens (including phenoxy) is 1. The third-order valence-corrected chi connectivity index (χ3v) is 4.67. The standard InChI is InChI=1S/C24H26N2O3/c1-26(24(27)28)16-15-23(20-10-4-2-5-11-20)29-18-19-9-8-14-22(17-19)25-21-12-6-3-7-13-21/h2-14,17,23,25H,15-16,18H2,1H3,(H,27,28). The van der Waals surface area contributed by atoms with E-state index in [9.17, 15) is 4.79 Å². The van der Waals surface area contributed by atoms with Crippen molar-refractivity contribution in [2.24, 2.45) is 0 Å². The van der Waals surface area contributed by atoms with Gasteiger partial charge in [-0.15, -0.1) is 0 Å². The largest absolute Gasteiger partial charge is 0.465 e. The summed E-state index contributed by atoms with van der Waals surface area (Å²) < 4.78 is 6.20. The molecule has 5 heteroatoms. The van der Waals surface area contributed by atoms with Gasteiger partial charge in [0.2, 0.25) is 0 Å². The highest BCUT2D eigenvalue weighted by atomic mass is 16.5. The van der Waals surface area contributed by atoms with E-state index in [-0.39, 0.29) is 6.10 Å². The molecule has 3 aromatic carbocycles. The minimum atomic E-state index is -0.934.